The van der Waals surface area contributed by atoms with E-state index >= 15 is 0 Å². The molecule has 0 heterocycles. The molecule has 0 fully saturated rings. The fourth-order valence-corrected chi connectivity index (χ4v) is 0.696. The molecule has 0 bridgehead atoms. The summed E-state index contributed by atoms with van der Waals surface area (Å²) in [6.07, 6.45) is 0. The number of hydrogen-bond acceptors (Lipinski definition) is 4. The van der Waals surface area contributed by atoms with Crippen molar-refractivity contribution in [3.8, 4) is 0 Å². The number of aromatic carboxylic acids is 1. The minimum Gasteiger partial charge on any atom is -0.478 e. The van der Waals surface area contributed by atoms with Gasteiger partial charge >= 0.3 is 16.6 Å². The molecule has 1 aromatic rings. The molecule has 0 saturated heterocycles. The van der Waals surface area contributed by atoms with E-state index in [-0.39, 0.29) is 0 Å². The highest BCUT2D eigenvalue weighted by Crippen LogP contribution is 2.01. The molecule has 76 valence electrons. The van der Waals surface area contributed by atoms with Crippen molar-refractivity contribution >= 4 is 16.6 Å². The monoisotopic (exact) mass is 216 g/mol. The Kier molecular flexibility index (Phi) is 5.16. The maximum absolute atomic E-state index is 10.3. The van der Waals surface area contributed by atoms with E-state index in [1.165, 1.54) is 0 Å². The van der Waals surface area contributed by atoms with Gasteiger partial charge in [-0.3, -0.25) is 0 Å². The van der Waals surface area contributed by atoms with Gasteiger partial charge < -0.3 is 5.11 Å². The first kappa shape index (κ1) is 12.3. The van der Waals surface area contributed by atoms with Crippen LogP contribution in [-0.4, -0.2) is 23.7 Å². The third kappa shape index (κ3) is 5.90. The van der Waals surface area contributed by atoms with Gasteiger partial charge in [-0.05, 0) is 19.1 Å². The SMILES string of the molecule is Cc1ccc(C(=O)O)cc1.O=S(=O)=O. The molecule has 0 amide bonds. The average molecular weight is 216 g/mol. The molecule has 0 atom stereocenters. The third-order valence-electron chi connectivity index (χ3n) is 1.30. The lowest BCUT2D eigenvalue weighted by Crippen LogP contribution is -1.94. The van der Waals surface area contributed by atoms with E-state index in [0.29, 0.717) is 5.56 Å². The molecule has 0 aliphatic carbocycles. The number of aryl methyl sites for hydroxylation is 1. The van der Waals surface area contributed by atoms with Crippen molar-refractivity contribution in [2.75, 3.05) is 0 Å². The van der Waals surface area contributed by atoms with E-state index in [4.69, 9.17) is 17.7 Å². The van der Waals surface area contributed by atoms with Crippen molar-refractivity contribution in [1.29, 1.82) is 0 Å². The van der Waals surface area contributed by atoms with Gasteiger partial charge in [0.2, 0.25) is 0 Å². The van der Waals surface area contributed by atoms with Crippen LogP contribution in [-0.2, 0) is 10.6 Å². The second kappa shape index (κ2) is 5.87. The van der Waals surface area contributed by atoms with Crippen LogP contribution in [0.1, 0.15) is 15.9 Å². The average Bonchev–Trinajstić information content (AvgIpc) is 2.03. The van der Waals surface area contributed by atoms with Gasteiger partial charge in [-0.2, -0.15) is 0 Å². The van der Waals surface area contributed by atoms with Gasteiger partial charge in [-0.25, -0.2) is 4.79 Å². The van der Waals surface area contributed by atoms with Crippen LogP contribution in [0.2, 0.25) is 0 Å². The topological polar surface area (TPSA) is 88.5 Å². The van der Waals surface area contributed by atoms with E-state index in [9.17, 15) is 4.79 Å². The number of benzene rings is 1. The molecule has 0 aliphatic rings. The molecule has 0 radical (unpaired) electrons. The predicted molar refractivity (Wildman–Crippen MR) is 47.8 cm³/mol. The van der Waals surface area contributed by atoms with Crippen molar-refractivity contribution in [1.82, 2.24) is 0 Å². The Morgan fingerprint density at radius 1 is 1.14 bits per heavy atom. The molecule has 1 aromatic carbocycles. The second-order valence-electron chi connectivity index (χ2n) is 2.38. The number of hydrogen-bond donors (Lipinski definition) is 1. The van der Waals surface area contributed by atoms with Crippen LogP contribution in [0.25, 0.3) is 0 Å². The van der Waals surface area contributed by atoms with Crippen LogP contribution >= 0.6 is 0 Å². The highest BCUT2D eigenvalue weighted by atomic mass is 32.2. The Balaban J connectivity index is 0.000000364. The molecule has 1 rings (SSSR count). The van der Waals surface area contributed by atoms with Crippen LogP contribution < -0.4 is 0 Å². The molecule has 0 spiro atoms. The maximum atomic E-state index is 10.3. The van der Waals surface area contributed by atoms with Crippen molar-refractivity contribution in [3.05, 3.63) is 35.4 Å². The van der Waals surface area contributed by atoms with Crippen LogP contribution in [0.5, 0.6) is 0 Å². The zero-order valence-electron chi connectivity index (χ0n) is 7.30. The van der Waals surface area contributed by atoms with Crippen LogP contribution in [0.15, 0.2) is 24.3 Å². The van der Waals surface area contributed by atoms with Gasteiger partial charge in [-0.1, -0.05) is 17.7 Å². The van der Waals surface area contributed by atoms with Crippen molar-refractivity contribution in [2.24, 2.45) is 0 Å². The van der Waals surface area contributed by atoms with Gasteiger partial charge in [0.05, 0.1) is 5.56 Å². The van der Waals surface area contributed by atoms with Gasteiger partial charge in [0.15, 0.2) is 0 Å². The van der Waals surface area contributed by atoms with Crippen molar-refractivity contribution in [2.45, 2.75) is 6.92 Å². The summed E-state index contributed by atoms with van der Waals surface area (Å²) in [5.41, 5.74) is 1.41. The normalized spacial score (nSPS) is 8.36. The first-order chi connectivity index (χ1) is 6.43. The molecule has 14 heavy (non-hydrogen) atoms. The molecule has 0 saturated carbocycles. The summed E-state index contributed by atoms with van der Waals surface area (Å²) < 4.78 is 25.3. The number of carboxylic acids is 1. The molecule has 0 aliphatic heterocycles. The lowest BCUT2D eigenvalue weighted by atomic mass is 10.2. The standard InChI is InChI=1S/C8H8O2.O3S/c1-6-2-4-7(5-3-6)8(9)10;1-4(2)3/h2-5H,1H3,(H,9,10);. The summed E-state index contributed by atoms with van der Waals surface area (Å²) >= 11 is 0. The highest BCUT2D eigenvalue weighted by molar-refractivity contribution is 7.59. The number of carboxylic acid groups (broad SMARTS) is 1. The fourth-order valence-electron chi connectivity index (χ4n) is 0.696. The van der Waals surface area contributed by atoms with Crippen molar-refractivity contribution in [3.63, 3.8) is 0 Å². The molecule has 5 nitrogen and oxygen atoms in total. The van der Waals surface area contributed by atoms with E-state index in [2.05, 4.69) is 0 Å². The summed E-state index contributed by atoms with van der Waals surface area (Å²) in [6, 6.07) is 6.75. The Labute approximate surface area is 82.1 Å². The summed E-state index contributed by atoms with van der Waals surface area (Å²) in [6.45, 7) is 1.92. The molecule has 1 N–H and O–H groups in total. The molecule has 6 heteroatoms. The number of rotatable bonds is 1. The maximum Gasteiger partial charge on any atom is 0.425 e. The van der Waals surface area contributed by atoms with E-state index < -0.39 is 16.6 Å². The molecular weight excluding hydrogens is 208 g/mol. The summed E-state index contributed by atoms with van der Waals surface area (Å²) in [4.78, 5) is 10.3. The minimum atomic E-state index is -3.11. The van der Waals surface area contributed by atoms with Crippen LogP contribution in [0.4, 0.5) is 0 Å². The zero-order valence-corrected chi connectivity index (χ0v) is 8.11. The van der Waals surface area contributed by atoms with Gasteiger partial charge in [0.25, 0.3) is 0 Å². The fraction of sp³-hybridized carbons (Fsp3) is 0.125. The molecular formula is C8H8O5S. The molecule has 0 aromatic heterocycles. The first-order valence-electron chi connectivity index (χ1n) is 3.50. The lowest BCUT2D eigenvalue weighted by Gasteiger charge is -1.92. The number of carbonyl (C=O) groups is 1. The van der Waals surface area contributed by atoms with E-state index in [1.54, 1.807) is 24.3 Å². The van der Waals surface area contributed by atoms with Gasteiger partial charge in [0.1, 0.15) is 0 Å². The predicted octanol–water partition coefficient (Wildman–Crippen LogP) is 0.689. The smallest absolute Gasteiger partial charge is 0.425 e. The quantitative estimate of drug-likeness (QED) is 0.746. The highest BCUT2D eigenvalue weighted by Gasteiger charge is 1.98. The first-order valence-corrected chi connectivity index (χ1v) is 4.50. The summed E-state index contributed by atoms with van der Waals surface area (Å²) in [5, 5.41) is 8.48. The zero-order chi connectivity index (χ0) is 11.1. The lowest BCUT2D eigenvalue weighted by molar-refractivity contribution is 0.0697. The Hall–Kier alpha value is -1.69. The third-order valence-corrected chi connectivity index (χ3v) is 1.30. The second-order valence-corrected chi connectivity index (χ2v) is 2.78. The van der Waals surface area contributed by atoms with Crippen LogP contribution in [0.3, 0.4) is 0 Å². The largest absolute Gasteiger partial charge is 0.478 e. The van der Waals surface area contributed by atoms with Gasteiger partial charge in [-0.15, -0.1) is 12.6 Å². The van der Waals surface area contributed by atoms with E-state index in [0.717, 1.165) is 5.56 Å². The summed E-state index contributed by atoms with van der Waals surface area (Å²) in [5.74, 6) is -0.875. The van der Waals surface area contributed by atoms with Gasteiger partial charge in [0, 0.05) is 0 Å². The Morgan fingerprint density at radius 2 is 1.50 bits per heavy atom. The van der Waals surface area contributed by atoms with Crippen LogP contribution in [0, 0.1) is 6.92 Å². The molecule has 0 unspecified atom stereocenters. The Morgan fingerprint density at radius 3 is 1.79 bits per heavy atom. The Bertz CT molecular complexity index is 396. The van der Waals surface area contributed by atoms with Crippen molar-refractivity contribution < 1.29 is 22.5 Å². The minimum absolute atomic E-state index is 0.339. The summed E-state index contributed by atoms with van der Waals surface area (Å²) in [7, 11) is -3.11. The van der Waals surface area contributed by atoms with E-state index in [1.807, 2.05) is 6.92 Å².